The Balaban J connectivity index is 2.34. The summed E-state index contributed by atoms with van der Waals surface area (Å²) in [5, 5.41) is 9.20. The minimum Gasteiger partial charge on any atom is -0.493 e. The molecule has 1 aliphatic heterocycles. The molecule has 0 aromatic heterocycles. The molecular formula is C15H18BrNO5. The quantitative estimate of drug-likeness (QED) is 0.860. The van der Waals surface area contributed by atoms with Crippen molar-refractivity contribution in [3.8, 4) is 11.5 Å². The van der Waals surface area contributed by atoms with E-state index in [1.54, 1.807) is 12.1 Å². The summed E-state index contributed by atoms with van der Waals surface area (Å²) in [4.78, 5) is 25.2. The number of halogens is 1. The fraction of sp³-hybridized carbons (Fsp3) is 0.467. The molecule has 0 unspecified atom stereocenters. The van der Waals surface area contributed by atoms with Crippen LogP contribution in [0.25, 0.3) is 0 Å². The molecular weight excluding hydrogens is 354 g/mol. The van der Waals surface area contributed by atoms with Gasteiger partial charge in [-0.1, -0.05) is 0 Å². The van der Waals surface area contributed by atoms with Crippen LogP contribution in [-0.4, -0.2) is 48.2 Å². The molecule has 7 heteroatoms. The van der Waals surface area contributed by atoms with Crippen LogP contribution in [0.15, 0.2) is 16.6 Å². The second-order valence-corrected chi connectivity index (χ2v) is 5.77. The number of aliphatic carboxylic acids is 1. The first kappa shape index (κ1) is 16.6. The molecule has 0 radical (unpaired) electrons. The number of carbonyl (C=O) groups excluding carboxylic acids is 1. The van der Waals surface area contributed by atoms with Gasteiger partial charge in [0, 0.05) is 12.1 Å². The molecule has 0 spiro atoms. The van der Waals surface area contributed by atoms with Gasteiger partial charge in [0.05, 0.1) is 18.2 Å². The highest BCUT2D eigenvalue weighted by molar-refractivity contribution is 9.10. The first-order valence-electron chi connectivity index (χ1n) is 7.03. The molecule has 0 aliphatic carbocycles. The van der Waals surface area contributed by atoms with E-state index in [9.17, 15) is 14.7 Å². The third-order valence-electron chi connectivity index (χ3n) is 3.56. The minimum atomic E-state index is -0.970. The van der Waals surface area contributed by atoms with E-state index in [1.165, 1.54) is 12.0 Å². The molecule has 1 fully saturated rings. The van der Waals surface area contributed by atoms with Gasteiger partial charge in [0.15, 0.2) is 11.5 Å². The molecule has 1 N–H and O–H groups in total. The fourth-order valence-electron chi connectivity index (χ4n) is 2.56. The zero-order valence-corrected chi connectivity index (χ0v) is 14.1. The Hall–Kier alpha value is -1.76. The van der Waals surface area contributed by atoms with Gasteiger partial charge in [0.2, 0.25) is 0 Å². The summed E-state index contributed by atoms with van der Waals surface area (Å²) >= 11 is 3.37. The summed E-state index contributed by atoms with van der Waals surface area (Å²) in [6.45, 7) is 2.77. The Labute approximate surface area is 137 Å². The van der Waals surface area contributed by atoms with Crippen LogP contribution in [0.4, 0.5) is 0 Å². The summed E-state index contributed by atoms with van der Waals surface area (Å²) in [7, 11) is 1.49. The van der Waals surface area contributed by atoms with Gasteiger partial charge in [-0.15, -0.1) is 0 Å². The number of likely N-dealkylation sites (tertiary alicyclic amines) is 1. The molecule has 22 heavy (non-hydrogen) atoms. The monoisotopic (exact) mass is 371 g/mol. The zero-order chi connectivity index (χ0) is 16.3. The van der Waals surface area contributed by atoms with E-state index in [1.807, 2.05) is 6.92 Å². The Kier molecular flexibility index (Phi) is 5.28. The smallest absolute Gasteiger partial charge is 0.326 e. The highest BCUT2D eigenvalue weighted by Crippen LogP contribution is 2.37. The van der Waals surface area contributed by atoms with Crippen LogP contribution < -0.4 is 9.47 Å². The Morgan fingerprint density at radius 3 is 2.77 bits per heavy atom. The second kappa shape index (κ2) is 7.00. The topological polar surface area (TPSA) is 76.1 Å². The van der Waals surface area contributed by atoms with Gasteiger partial charge >= 0.3 is 5.97 Å². The van der Waals surface area contributed by atoms with Crippen molar-refractivity contribution in [1.82, 2.24) is 4.90 Å². The maximum absolute atomic E-state index is 12.6. The first-order valence-corrected chi connectivity index (χ1v) is 7.83. The van der Waals surface area contributed by atoms with Gasteiger partial charge < -0.3 is 19.5 Å². The molecule has 0 saturated carbocycles. The molecule has 0 bridgehead atoms. The van der Waals surface area contributed by atoms with Crippen molar-refractivity contribution in [3.63, 3.8) is 0 Å². The van der Waals surface area contributed by atoms with E-state index in [-0.39, 0.29) is 5.91 Å². The van der Waals surface area contributed by atoms with E-state index in [0.29, 0.717) is 47.5 Å². The highest BCUT2D eigenvalue weighted by Gasteiger charge is 2.34. The van der Waals surface area contributed by atoms with Gasteiger partial charge in [-0.2, -0.15) is 0 Å². The van der Waals surface area contributed by atoms with E-state index < -0.39 is 12.0 Å². The summed E-state index contributed by atoms with van der Waals surface area (Å²) in [6, 6.07) is 2.45. The molecule has 6 nitrogen and oxygen atoms in total. The predicted octanol–water partition coefficient (Wildman–Crippen LogP) is 2.55. The lowest BCUT2D eigenvalue weighted by Crippen LogP contribution is -2.40. The van der Waals surface area contributed by atoms with E-state index >= 15 is 0 Å². The van der Waals surface area contributed by atoms with Crippen LogP contribution in [0.5, 0.6) is 11.5 Å². The number of carboxylic acids is 1. The van der Waals surface area contributed by atoms with Crippen LogP contribution in [-0.2, 0) is 4.79 Å². The number of rotatable bonds is 5. The number of nitrogens with zero attached hydrogens (tertiary/aromatic N) is 1. The van der Waals surface area contributed by atoms with Crippen molar-refractivity contribution < 1.29 is 24.2 Å². The number of hydrogen-bond acceptors (Lipinski definition) is 4. The zero-order valence-electron chi connectivity index (χ0n) is 12.5. The number of ether oxygens (including phenoxy) is 2. The number of hydrogen-bond donors (Lipinski definition) is 1. The fourth-order valence-corrected chi connectivity index (χ4v) is 3.12. The first-order chi connectivity index (χ1) is 10.5. The van der Waals surface area contributed by atoms with E-state index in [4.69, 9.17) is 9.47 Å². The molecule has 1 atom stereocenters. The van der Waals surface area contributed by atoms with Crippen LogP contribution in [0.3, 0.4) is 0 Å². The highest BCUT2D eigenvalue weighted by atomic mass is 79.9. The number of carbonyl (C=O) groups is 2. The SMILES string of the molecule is CCOc1c(Br)cc(C(=O)N2CCC[C@@H]2C(=O)O)cc1OC. The van der Waals surface area contributed by atoms with Crippen molar-refractivity contribution in [1.29, 1.82) is 0 Å². The minimum absolute atomic E-state index is 0.313. The largest absolute Gasteiger partial charge is 0.493 e. The maximum Gasteiger partial charge on any atom is 0.326 e. The van der Waals surface area contributed by atoms with Crippen molar-refractivity contribution in [2.75, 3.05) is 20.3 Å². The Morgan fingerprint density at radius 2 is 2.18 bits per heavy atom. The maximum atomic E-state index is 12.6. The number of benzene rings is 1. The lowest BCUT2D eigenvalue weighted by atomic mass is 10.1. The van der Waals surface area contributed by atoms with E-state index in [2.05, 4.69) is 15.9 Å². The third-order valence-corrected chi connectivity index (χ3v) is 4.15. The number of amides is 1. The van der Waals surface area contributed by atoms with Gasteiger partial charge in [0.25, 0.3) is 5.91 Å². The molecule has 1 aromatic rings. The molecule has 2 rings (SSSR count). The third kappa shape index (κ3) is 3.19. The average molecular weight is 372 g/mol. The van der Waals surface area contributed by atoms with Crippen molar-refractivity contribution >= 4 is 27.8 Å². The average Bonchev–Trinajstić information content (AvgIpc) is 2.98. The summed E-state index contributed by atoms with van der Waals surface area (Å²) in [5.41, 5.74) is 0.375. The van der Waals surface area contributed by atoms with Crippen LogP contribution in [0.1, 0.15) is 30.1 Å². The molecule has 1 aliphatic rings. The molecule has 120 valence electrons. The van der Waals surface area contributed by atoms with Gasteiger partial charge in [-0.3, -0.25) is 4.79 Å². The number of carboxylic acid groups (broad SMARTS) is 1. The normalized spacial score (nSPS) is 17.4. The summed E-state index contributed by atoms with van der Waals surface area (Å²) in [5.74, 6) is -0.321. The molecule has 1 amide bonds. The Morgan fingerprint density at radius 1 is 1.45 bits per heavy atom. The van der Waals surface area contributed by atoms with Gasteiger partial charge in [-0.05, 0) is 47.8 Å². The van der Waals surface area contributed by atoms with Crippen LogP contribution in [0.2, 0.25) is 0 Å². The van der Waals surface area contributed by atoms with Crippen molar-refractivity contribution in [3.05, 3.63) is 22.2 Å². The lowest BCUT2D eigenvalue weighted by molar-refractivity contribution is -0.141. The van der Waals surface area contributed by atoms with Gasteiger partial charge in [-0.25, -0.2) is 4.79 Å². The summed E-state index contributed by atoms with van der Waals surface area (Å²) in [6.07, 6.45) is 1.18. The van der Waals surface area contributed by atoms with E-state index in [0.717, 1.165) is 0 Å². The molecule has 1 aromatic carbocycles. The molecule has 1 saturated heterocycles. The predicted molar refractivity (Wildman–Crippen MR) is 83.6 cm³/mol. The van der Waals surface area contributed by atoms with Crippen molar-refractivity contribution in [2.24, 2.45) is 0 Å². The standard InChI is InChI=1S/C15H18BrNO5/c1-3-22-13-10(16)7-9(8-12(13)21-2)14(18)17-6-4-5-11(17)15(19)20/h7-8,11H,3-6H2,1-2H3,(H,19,20)/t11-/m1/s1. The molecule has 1 heterocycles. The lowest BCUT2D eigenvalue weighted by Gasteiger charge is -2.22. The van der Waals surface area contributed by atoms with Crippen molar-refractivity contribution in [2.45, 2.75) is 25.8 Å². The van der Waals surface area contributed by atoms with Gasteiger partial charge in [0.1, 0.15) is 6.04 Å². The Bertz CT molecular complexity index is 590. The summed E-state index contributed by atoms with van der Waals surface area (Å²) < 4.78 is 11.4. The van der Waals surface area contributed by atoms with Crippen LogP contribution in [0, 0.1) is 0 Å². The van der Waals surface area contributed by atoms with Crippen LogP contribution >= 0.6 is 15.9 Å². The number of methoxy groups -OCH3 is 1. The second-order valence-electron chi connectivity index (χ2n) is 4.92.